The Balaban J connectivity index is 3.03. The molecular weight excluding hydrogens is 332 g/mol. The van der Waals surface area contributed by atoms with Crippen LogP contribution in [0.25, 0.3) is 0 Å². The molecule has 0 aliphatic heterocycles. The molecule has 0 saturated heterocycles. The fourth-order valence-corrected chi connectivity index (χ4v) is 8.53. The second kappa shape index (κ2) is 7.80. The lowest BCUT2D eigenvalue weighted by atomic mass is 9.79. The largest absolute Gasteiger partial charge is 0.410 e. The van der Waals surface area contributed by atoms with Crippen LogP contribution < -0.4 is 0 Å². The van der Waals surface area contributed by atoms with E-state index >= 15 is 0 Å². The van der Waals surface area contributed by atoms with Gasteiger partial charge in [0.05, 0.1) is 14.2 Å². The molecule has 4 heteroatoms. The lowest BCUT2D eigenvalue weighted by molar-refractivity contribution is 0.130. The van der Waals surface area contributed by atoms with Crippen LogP contribution in [-0.2, 0) is 4.43 Å². The van der Waals surface area contributed by atoms with Crippen molar-refractivity contribution in [2.75, 3.05) is 5.75 Å². The Morgan fingerprint density at radius 2 is 1.74 bits per heavy atom. The highest BCUT2D eigenvalue weighted by atomic mass is 32.2. The van der Waals surface area contributed by atoms with Gasteiger partial charge in [0.2, 0.25) is 0 Å². The Labute approximate surface area is 152 Å². The van der Waals surface area contributed by atoms with E-state index in [0.29, 0.717) is 11.1 Å². The summed E-state index contributed by atoms with van der Waals surface area (Å²) < 4.78 is 8.54. The van der Waals surface area contributed by atoms with Gasteiger partial charge in [0.15, 0.2) is 8.32 Å². The van der Waals surface area contributed by atoms with E-state index in [9.17, 15) is 0 Å². The van der Waals surface area contributed by atoms with Crippen LogP contribution in [-0.4, -0.2) is 28.2 Å². The van der Waals surface area contributed by atoms with Gasteiger partial charge in [0.1, 0.15) is 0 Å². The summed E-state index contributed by atoms with van der Waals surface area (Å²) in [6.45, 7) is 24.0. The quantitative estimate of drug-likeness (QED) is 0.349. The topological polar surface area (TPSA) is 9.23 Å². The van der Waals surface area contributed by atoms with Crippen LogP contribution >= 0.6 is 11.8 Å². The second-order valence-corrected chi connectivity index (χ2v) is 21.0. The standard InChI is InChI=1S/C19H40OSSi2/c1-11-12-13-21-18(22(6,7)8)17-15(2)14-16(17)20-23(9,10)19(3,4)5/h15-16H,11-14H2,1-10H3/b18-17+/t15-,16-/m0/s1. The van der Waals surface area contributed by atoms with E-state index in [1.165, 1.54) is 25.0 Å². The Morgan fingerprint density at radius 3 is 2.13 bits per heavy atom. The Morgan fingerprint density at radius 1 is 1.17 bits per heavy atom. The minimum Gasteiger partial charge on any atom is -0.410 e. The minimum absolute atomic E-state index is 0.297. The van der Waals surface area contributed by atoms with Crippen molar-refractivity contribution in [1.82, 2.24) is 0 Å². The summed E-state index contributed by atoms with van der Waals surface area (Å²) in [4.78, 5) is 0. The predicted molar refractivity (Wildman–Crippen MR) is 114 cm³/mol. The van der Waals surface area contributed by atoms with Gasteiger partial charge in [-0.2, -0.15) is 0 Å². The highest BCUT2D eigenvalue weighted by molar-refractivity contribution is 8.05. The van der Waals surface area contributed by atoms with Crippen LogP contribution in [0.15, 0.2) is 10.1 Å². The molecule has 1 aliphatic carbocycles. The number of hydrogen-bond acceptors (Lipinski definition) is 2. The van der Waals surface area contributed by atoms with Crippen LogP contribution in [0.3, 0.4) is 0 Å². The number of hydrogen-bond donors (Lipinski definition) is 0. The molecule has 136 valence electrons. The van der Waals surface area contributed by atoms with E-state index in [2.05, 4.69) is 79.1 Å². The molecule has 0 amide bonds. The Bertz CT molecular complexity index is 430. The van der Waals surface area contributed by atoms with Crippen LogP contribution in [0.5, 0.6) is 0 Å². The highest BCUT2D eigenvalue weighted by Crippen LogP contribution is 2.48. The first-order valence-electron chi connectivity index (χ1n) is 9.36. The summed E-state index contributed by atoms with van der Waals surface area (Å²) in [5, 5.41) is 0.297. The molecule has 1 saturated carbocycles. The smallest absolute Gasteiger partial charge is 0.192 e. The second-order valence-electron chi connectivity index (χ2n) is 9.74. The molecule has 1 aliphatic rings. The van der Waals surface area contributed by atoms with Crippen molar-refractivity contribution in [1.29, 1.82) is 0 Å². The molecule has 1 nitrogen and oxygen atoms in total. The fourth-order valence-electron chi connectivity index (χ4n) is 2.80. The lowest BCUT2D eigenvalue weighted by Gasteiger charge is -2.47. The van der Waals surface area contributed by atoms with Gasteiger partial charge in [-0.05, 0) is 52.7 Å². The molecular formula is C19H40OSSi2. The zero-order chi connectivity index (χ0) is 18.1. The molecule has 1 rings (SSSR count). The molecule has 0 aromatic rings. The van der Waals surface area contributed by atoms with E-state index in [0.717, 1.165) is 5.92 Å². The van der Waals surface area contributed by atoms with Crippen LogP contribution in [0, 0.1) is 5.92 Å². The van der Waals surface area contributed by atoms with Gasteiger partial charge in [0.25, 0.3) is 0 Å². The van der Waals surface area contributed by atoms with Crippen molar-refractivity contribution in [3.8, 4) is 0 Å². The minimum atomic E-state index is -1.68. The van der Waals surface area contributed by atoms with E-state index < -0.39 is 16.4 Å². The molecule has 0 N–H and O–H groups in total. The zero-order valence-electron chi connectivity index (χ0n) is 17.3. The maximum atomic E-state index is 6.79. The Kier molecular flexibility index (Phi) is 7.30. The van der Waals surface area contributed by atoms with Gasteiger partial charge in [-0.1, -0.05) is 60.7 Å². The molecule has 1 fully saturated rings. The molecule has 0 bridgehead atoms. The monoisotopic (exact) mass is 372 g/mol. The van der Waals surface area contributed by atoms with Crippen molar-refractivity contribution in [3.05, 3.63) is 10.1 Å². The van der Waals surface area contributed by atoms with Crippen molar-refractivity contribution >= 4 is 28.2 Å². The third-order valence-corrected chi connectivity index (χ3v) is 14.8. The summed E-state index contributed by atoms with van der Waals surface area (Å²) in [5.41, 5.74) is 1.68. The van der Waals surface area contributed by atoms with Crippen molar-refractivity contribution in [2.45, 2.75) is 97.8 Å². The van der Waals surface area contributed by atoms with E-state index in [4.69, 9.17) is 4.43 Å². The summed E-state index contributed by atoms with van der Waals surface area (Å²) in [5.74, 6) is 2.00. The average Bonchev–Trinajstić information content (AvgIpc) is 2.34. The number of thioether (sulfide) groups is 1. The van der Waals surface area contributed by atoms with Gasteiger partial charge in [-0.25, -0.2) is 0 Å². The third kappa shape index (κ3) is 5.48. The SMILES string of the molecule is CCCCS/C(=C1\[C@@H](O[Si](C)(C)C(C)(C)C)C[C@@H]1C)[Si](C)(C)C. The average molecular weight is 373 g/mol. The van der Waals surface area contributed by atoms with Gasteiger partial charge in [0, 0.05) is 0 Å². The molecule has 0 aromatic carbocycles. The first-order chi connectivity index (χ1) is 10.3. The van der Waals surface area contributed by atoms with Gasteiger partial charge in [-0.15, -0.1) is 11.8 Å². The highest BCUT2D eigenvalue weighted by Gasteiger charge is 2.45. The molecule has 0 radical (unpaired) electrons. The van der Waals surface area contributed by atoms with Crippen LogP contribution in [0.2, 0.25) is 37.8 Å². The van der Waals surface area contributed by atoms with Crippen LogP contribution in [0.4, 0.5) is 0 Å². The summed E-state index contributed by atoms with van der Waals surface area (Å²) in [6.07, 6.45) is 4.25. The Hall–Kier alpha value is 0.484. The van der Waals surface area contributed by atoms with Crippen molar-refractivity contribution in [3.63, 3.8) is 0 Å². The number of rotatable bonds is 7. The van der Waals surface area contributed by atoms with E-state index in [1.54, 1.807) is 10.1 Å². The van der Waals surface area contributed by atoms with E-state index in [-0.39, 0.29) is 0 Å². The summed E-state index contributed by atoms with van der Waals surface area (Å²) in [6, 6.07) is 0. The fraction of sp³-hybridized carbons (Fsp3) is 0.895. The molecule has 23 heavy (non-hydrogen) atoms. The maximum Gasteiger partial charge on any atom is 0.192 e. The molecule has 2 atom stereocenters. The molecule has 0 aromatic heterocycles. The van der Waals surface area contributed by atoms with Gasteiger partial charge in [-0.3, -0.25) is 0 Å². The molecule has 0 heterocycles. The van der Waals surface area contributed by atoms with Crippen molar-refractivity contribution in [2.24, 2.45) is 5.92 Å². The van der Waals surface area contributed by atoms with Gasteiger partial charge < -0.3 is 4.43 Å². The third-order valence-electron chi connectivity index (χ3n) is 5.38. The normalized spacial score (nSPS) is 25.3. The lowest BCUT2D eigenvalue weighted by Crippen LogP contribution is -2.49. The summed E-state index contributed by atoms with van der Waals surface area (Å²) >= 11 is 2.15. The number of unbranched alkanes of at least 4 members (excludes halogenated alkanes) is 1. The van der Waals surface area contributed by atoms with Crippen molar-refractivity contribution < 1.29 is 4.43 Å². The predicted octanol–water partition coefficient (Wildman–Crippen LogP) is 7.08. The van der Waals surface area contributed by atoms with E-state index in [1.807, 2.05) is 0 Å². The molecule has 0 spiro atoms. The zero-order valence-corrected chi connectivity index (χ0v) is 20.1. The first-order valence-corrected chi connectivity index (χ1v) is 16.8. The van der Waals surface area contributed by atoms with Crippen LogP contribution in [0.1, 0.15) is 53.9 Å². The molecule has 0 unspecified atom stereocenters. The maximum absolute atomic E-state index is 6.79. The summed E-state index contributed by atoms with van der Waals surface area (Å²) in [7, 11) is -2.98. The first kappa shape index (κ1) is 21.5. The van der Waals surface area contributed by atoms with Gasteiger partial charge >= 0.3 is 0 Å².